The Labute approximate surface area is 146 Å². The van der Waals surface area contributed by atoms with Crippen LogP contribution < -0.4 is 10.1 Å². The summed E-state index contributed by atoms with van der Waals surface area (Å²) in [5.41, 5.74) is 1.95. The molecule has 0 fully saturated rings. The van der Waals surface area contributed by atoms with E-state index in [0.717, 1.165) is 16.9 Å². The van der Waals surface area contributed by atoms with Gasteiger partial charge in [0, 0.05) is 6.54 Å². The number of rotatable bonds is 6. The topological polar surface area (TPSA) is 75.6 Å². The lowest BCUT2D eigenvalue weighted by molar-refractivity contribution is -0.141. The SMILES string of the molecule is O=C(O)C(CNC(=O)C1COc2ccccc2C1)Cc1ccccc1. The van der Waals surface area contributed by atoms with Crippen molar-refractivity contribution in [3.8, 4) is 5.75 Å². The first-order chi connectivity index (χ1) is 12.1. The number of hydrogen-bond donors (Lipinski definition) is 2. The maximum absolute atomic E-state index is 12.4. The molecule has 1 aliphatic heterocycles. The highest BCUT2D eigenvalue weighted by molar-refractivity contribution is 5.80. The molecule has 2 aromatic carbocycles. The van der Waals surface area contributed by atoms with Gasteiger partial charge < -0.3 is 15.2 Å². The molecule has 3 rings (SSSR count). The molecule has 25 heavy (non-hydrogen) atoms. The van der Waals surface area contributed by atoms with Crippen molar-refractivity contribution < 1.29 is 19.4 Å². The van der Waals surface area contributed by atoms with E-state index in [2.05, 4.69) is 5.32 Å². The number of aliphatic carboxylic acids is 1. The summed E-state index contributed by atoms with van der Waals surface area (Å²) in [5, 5.41) is 12.2. The fourth-order valence-electron chi connectivity index (χ4n) is 3.01. The lowest BCUT2D eigenvalue weighted by atomic mass is 9.95. The Morgan fingerprint density at radius 2 is 1.84 bits per heavy atom. The van der Waals surface area contributed by atoms with Crippen molar-refractivity contribution in [2.24, 2.45) is 11.8 Å². The molecule has 0 saturated heterocycles. The highest BCUT2D eigenvalue weighted by Crippen LogP contribution is 2.26. The van der Waals surface area contributed by atoms with Crippen molar-refractivity contribution in [2.45, 2.75) is 12.8 Å². The minimum Gasteiger partial charge on any atom is -0.492 e. The van der Waals surface area contributed by atoms with Crippen LogP contribution in [-0.4, -0.2) is 30.1 Å². The number of ether oxygens (including phenoxy) is 1. The predicted octanol–water partition coefficient (Wildman–Crippen LogP) is 2.30. The quantitative estimate of drug-likeness (QED) is 0.847. The zero-order chi connectivity index (χ0) is 17.6. The van der Waals surface area contributed by atoms with Gasteiger partial charge in [0.05, 0.1) is 11.8 Å². The van der Waals surface area contributed by atoms with Crippen LogP contribution >= 0.6 is 0 Å². The molecule has 2 N–H and O–H groups in total. The van der Waals surface area contributed by atoms with Gasteiger partial charge in [-0.05, 0) is 30.0 Å². The molecule has 0 aromatic heterocycles. The Balaban J connectivity index is 1.56. The van der Waals surface area contributed by atoms with Gasteiger partial charge in [0.15, 0.2) is 0 Å². The maximum atomic E-state index is 12.4. The molecular weight excluding hydrogens is 318 g/mol. The van der Waals surface area contributed by atoms with Gasteiger partial charge in [0.1, 0.15) is 12.4 Å². The van der Waals surface area contributed by atoms with Crippen LogP contribution in [0.4, 0.5) is 0 Å². The number of nitrogens with one attached hydrogen (secondary N) is 1. The monoisotopic (exact) mass is 339 g/mol. The highest BCUT2D eigenvalue weighted by atomic mass is 16.5. The van der Waals surface area contributed by atoms with Crippen LogP contribution in [0.1, 0.15) is 11.1 Å². The first-order valence-corrected chi connectivity index (χ1v) is 8.38. The Morgan fingerprint density at radius 1 is 1.12 bits per heavy atom. The van der Waals surface area contributed by atoms with Gasteiger partial charge in [-0.15, -0.1) is 0 Å². The Kier molecular flexibility index (Phi) is 5.33. The molecule has 0 bridgehead atoms. The molecular formula is C20H21NO4. The van der Waals surface area contributed by atoms with Gasteiger partial charge in [-0.1, -0.05) is 48.5 Å². The van der Waals surface area contributed by atoms with Crippen LogP contribution in [0.25, 0.3) is 0 Å². The third-order valence-corrected chi connectivity index (χ3v) is 4.45. The third kappa shape index (κ3) is 4.38. The maximum Gasteiger partial charge on any atom is 0.308 e. The van der Waals surface area contributed by atoms with Crippen LogP contribution in [0.5, 0.6) is 5.75 Å². The first kappa shape index (κ1) is 17.0. The average molecular weight is 339 g/mol. The summed E-state index contributed by atoms with van der Waals surface area (Å²) in [5.74, 6) is -1.19. The summed E-state index contributed by atoms with van der Waals surface area (Å²) in [4.78, 5) is 23.9. The lowest BCUT2D eigenvalue weighted by Crippen LogP contribution is -2.41. The summed E-state index contributed by atoms with van der Waals surface area (Å²) in [6.07, 6.45) is 0.999. The highest BCUT2D eigenvalue weighted by Gasteiger charge is 2.27. The summed E-state index contributed by atoms with van der Waals surface area (Å²) in [6, 6.07) is 17.1. The number of carbonyl (C=O) groups excluding carboxylic acids is 1. The van der Waals surface area contributed by atoms with Crippen LogP contribution in [0, 0.1) is 11.8 Å². The minimum atomic E-state index is -0.908. The van der Waals surface area contributed by atoms with Crippen molar-refractivity contribution in [3.63, 3.8) is 0 Å². The van der Waals surface area contributed by atoms with Crippen molar-refractivity contribution >= 4 is 11.9 Å². The van der Waals surface area contributed by atoms with Gasteiger partial charge in [0.25, 0.3) is 0 Å². The Hall–Kier alpha value is -2.82. The molecule has 0 spiro atoms. The lowest BCUT2D eigenvalue weighted by Gasteiger charge is -2.25. The molecule has 5 heteroatoms. The van der Waals surface area contributed by atoms with E-state index in [0.29, 0.717) is 19.4 Å². The number of carbonyl (C=O) groups is 2. The van der Waals surface area contributed by atoms with E-state index in [1.165, 1.54) is 0 Å². The molecule has 0 radical (unpaired) electrons. The minimum absolute atomic E-state index is 0.112. The third-order valence-electron chi connectivity index (χ3n) is 4.45. The van der Waals surface area contributed by atoms with Crippen LogP contribution in [0.15, 0.2) is 54.6 Å². The molecule has 130 valence electrons. The number of carboxylic acid groups (broad SMARTS) is 1. The predicted molar refractivity (Wildman–Crippen MR) is 93.4 cm³/mol. The number of benzene rings is 2. The second kappa shape index (κ2) is 7.83. The Morgan fingerprint density at radius 3 is 2.60 bits per heavy atom. The van der Waals surface area contributed by atoms with E-state index >= 15 is 0 Å². The Bertz CT molecular complexity index is 744. The zero-order valence-electron chi connectivity index (χ0n) is 13.9. The number of hydrogen-bond acceptors (Lipinski definition) is 3. The van der Waals surface area contributed by atoms with Gasteiger partial charge in [-0.3, -0.25) is 9.59 Å². The summed E-state index contributed by atoms with van der Waals surface area (Å²) in [6.45, 7) is 0.431. The van der Waals surface area contributed by atoms with E-state index < -0.39 is 11.9 Å². The zero-order valence-corrected chi connectivity index (χ0v) is 13.9. The smallest absolute Gasteiger partial charge is 0.308 e. The van der Waals surface area contributed by atoms with E-state index in [4.69, 9.17) is 4.74 Å². The fraction of sp³-hybridized carbons (Fsp3) is 0.300. The standard InChI is InChI=1S/C20H21NO4/c22-19(17-11-15-8-4-5-9-18(15)25-13-17)21-12-16(20(23)24)10-14-6-2-1-3-7-14/h1-9,16-17H,10-13H2,(H,21,22)(H,23,24). The molecule has 1 heterocycles. The van der Waals surface area contributed by atoms with Crippen molar-refractivity contribution in [1.82, 2.24) is 5.32 Å². The van der Waals surface area contributed by atoms with E-state index in [-0.39, 0.29) is 18.4 Å². The molecule has 2 atom stereocenters. The molecule has 5 nitrogen and oxygen atoms in total. The number of carboxylic acids is 1. The van der Waals surface area contributed by atoms with Crippen molar-refractivity contribution in [1.29, 1.82) is 0 Å². The molecule has 2 aromatic rings. The van der Waals surface area contributed by atoms with Gasteiger partial charge >= 0.3 is 5.97 Å². The van der Waals surface area contributed by atoms with E-state index in [1.807, 2.05) is 54.6 Å². The molecule has 0 aliphatic carbocycles. The van der Waals surface area contributed by atoms with Gasteiger partial charge in [0.2, 0.25) is 5.91 Å². The number of fused-ring (bicyclic) bond motifs is 1. The molecule has 2 unspecified atom stereocenters. The van der Waals surface area contributed by atoms with E-state index in [9.17, 15) is 14.7 Å². The van der Waals surface area contributed by atoms with Crippen LogP contribution in [-0.2, 0) is 22.4 Å². The van der Waals surface area contributed by atoms with Crippen molar-refractivity contribution in [3.05, 3.63) is 65.7 Å². The number of para-hydroxylation sites is 1. The normalized spacial score (nSPS) is 17.0. The van der Waals surface area contributed by atoms with Crippen LogP contribution in [0.2, 0.25) is 0 Å². The molecule has 1 amide bonds. The summed E-state index contributed by atoms with van der Waals surface area (Å²) >= 11 is 0. The number of amides is 1. The van der Waals surface area contributed by atoms with Gasteiger partial charge in [-0.2, -0.15) is 0 Å². The first-order valence-electron chi connectivity index (χ1n) is 8.38. The largest absolute Gasteiger partial charge is 0.492 e. The summed E-state index contributed by atoms with van der Waals surface area (Å²) in [7, 11) is 0. The second-order valence-electron chi connectivity index (χ2n) is 6.29. The van der Waals surface area contributed by atoms with E-state index in [1.54, 1.807) is 0 Å². The van der Waals surface area contributed by atoms with Crippen LogP contribution in [0.3, 0.4) is 0 Å². The second-order valence-corrected chi connectivity index (χ2v) is 6.29. The summed E-state index contributed by atoms with van der Waals surface area (Å²) < 4.78 is 5.63. The van der Waals surface area contributed by atoms with Gasteiger partial charge in [-0.25, -0.2) is 0 Å². The molecule has 0 saturated carbocycles. The average Bonchev–Trinajstić information content (AvgIpc) is 2.65. The fourth-order valence-corrected chi connectivity index (χ4v) is 3.01. The van der Waals surface area contributed by atoms with Crippen molar-refractivity contribution in [2.75, 3.05) is 13.2 Å². The molecule has 1 aliphatic rings.